The molecular weight excluding hydrogens is 236 g/mol. The van der Waals surface area contributed by atoms with E-state index >= 15 is 0 Å². The molecule has 0 heterocycles. The van der Waals surface area contributed by atoms with Crippen molar-refractivity contribution < 1.29 is 9.90 Å². The fourth-order valence-electron chi connectivity index (χ4n) is 1.33. The molecule has 1 rings (SSSR count). The molecule has 5 heteroatoms. The second-order valence-corrected chi connectivity index (χ2v) is 4.67. The van der Waals surface area contributed by atoms with Crippen LogP contribution in [0.5, 0.6) is 0 Å². The van der Waals surface area contributed by atoms with E-state index in [1.807, 2.05) is 13.0 Å². The van der Waals surface area contributed by atoms with Crippen molar-refractivity contribution in [3.8, 4) is 0 Å². The Hall–Kier alpha value is -1.20. The van der Waals surface area contributed by atoms with Gasteiger partial charge in [0.25, 0.3) is 5.91 Å². The Morgan fingerprint density at radius 3 is 2.88 bits per heavy atom. The van der Waals surface area contributed by atoms with Gasteiger partial charge in [-0.3, -0.25) is 4.79 Å². The van der Waals surface area contributed by atoms with Crippen LogP contribution in [0.25, 0.3) is 0 Å². The van der Waals surface area contributed by atoms with Crippen LogP contribution in [0.3, 0.4) is 0 Å². The maximum absolute atomic E-state index is 11.6. The molecule has 0 unspecified atom stereocenters. The smallest absolute Gasteiger partial charge is 0.251 e. The topological polar surface area (TPSA) is 75.3 Å². The summed E-state index contributed by atoms with van der Waals surface area (Å²) < 4.78 is 0. The highest BCUT2D eigenvalue weighted by Crippen LogP contribution is 2.26. The maximum Gasteiger partial charge on any atom is 0.251 e. The number of aliphatic hydroxyl groups is 1. The van der Waals surface area contributed by atoms with Crippen LogP contribution in [0.15, 0.2) is 23.1 Å². The standard InChI is InChI=1S/C12H18N2O2S/c1-2-14-12(16)9-4-5-11(10(13)8-9)17-7-3-6-15/h4-5,8,15H,2-3,6-7,13H2,1H3,(H,14,16). The van der Waals surface area contributed by atoms with Crippen LogP contribution < -0.4 is 11.1 Å². The van der Waals surface area contributed by atoms with Crippen molar-refractivity contribution in [3.05, 3.63) is 23.8 Å². The molecule has 1 amide bonds. The summed E-state index contributed by atoms with van der Waals surface area (Å²) in [6.07, 6.45) is 0.738. The van der Waals surface area contributed by atoms with Gasteiger partial charge < -0.3 is 16.2 Å². The molecule has 4 nitrogen and oxygen atoms in total. The molecule has 0 bridgehead atoms. The van der Waals surface area contributed by atoms with Crippen molar-refractivity contribution in [2.24, 2.45) is 0 Å². The fraction of sp³-hybridized carbons (Fsp3) is 0.417. The van der Waals surface area contributed by atoms with Crippen LogP contribution in [0.1, 0.15) is 23.7 Å². The quantitative estimate of drug-likeness (QED) is 0.408. The maximum atomic E-state index is 11.6. The van der Waals surface area contributed by atoms with Crippen molar-refractivity contribution in [3.63, 3.8) is 0 Å². The molecule has 1 aromatic carbocycles. The predicted molar refractivity (Wildman–Crippen MR) is 71.3 cm³/mol. The number of hydrogen-bond donors (Lipinski definition) is 3. The molecule has 4 N–H and O–H groups in total. The van der Waals surface area contributed by atoms with Crippen molar-refractivity contribution in [2.45, 2.75) is 18.2 Å². The highest BCUT2D eigenvalue weighted by atomic mass is 32.2. The molecule has 0 atom stereocenters. The number of carbonyl (C=O) groups excluding carboxylic acids is 1. The first-order valence-electron chi connectivity index (χ1n) is 5.60. The Kier molecular flexibility index (Phi) is 5.86. The van der Waals surface area contributed by atoms with Gasteiger partial charge in [-0.15, -0.1) is 11.8 Å². The van der Waals surface area contributed by atoms with E-state index in [-0.39, 0.29) is 12.5 Å². The Morgan fingerprint density at radius 2 is 2.29 bits per heavy atom. The molecule has 17 heavy (non-hydrogen) atoms. The molecule has 1 aromatic rings. The van der Waals surface area contributed by atoms with Gasteiger partial charge in [-0.25, -0.2) is 0 Å². The first kappa shape index (κ1) is 13.9. The van der Waals surface area contributed by atoms with Crippen molar-refractivity contribution >= 4 is 23.4 Å². The zero-order valence-electron chi connectivity index (χ0n) is 9.90. The number of aliphatic hydroxyl groups excluding tert-OH is 1. The first-order chi connectivity index (χ1) is 8.19. The molecule has 0 aliphatic carbocycles. The van der Waals surface area contributed by atoms with Gasteiger partial charge in [0, 0.05) is 35.1 Å². The summed E-state index contributed by atoms with van der Waals surface area (Å²) in [5, 5.41) is 11.4. The lowest BCUT2D eigenvalue weighted by Crippen LogP contribution is -2.22. The molecule has 0 fully saturated rings. The van der Waals surface area contributed by atoms with Crippen molar-refractivity contribution in [1.29, 1.82) is 0 Å². The van der Waals surface area contributed by atoms with Crippen LogP contribution in [-0.4, -0.2) is 29.9 Å². The number of nitrogens with one attached hydrogen (secondary N) is 1. The highest BCUT2D eigenvalue weighted by Gasteiger charge is 2.07. The van der Waals surface area contributed by atoms with Crippen LogP contribution in [-0.2, 0) is 0 Å². The van der Waals surface area contributed by atoms with Gasteiger partial charge in [0.2, 0.25) is 0 Å². The number of rotatable bonds is 6. The van der Waals surface area contributed by atoms with E-state index in [2.05, 4.69) is 5.32 Å². The lowest BCUT2D eigenvalue weighted by atomic mass is 10.2. The summed E-state index contributed by atoms with van der Waals surface area (Å²) in [5.74, 6) is 0.715. The normalized spacial score (nSPS) is 10.2. The number of hydrogen-bond acceptors (Lipinski definition) is 4. The number of amides is 1. The second kappa shape index (κ2) is 7.19. The molecule has 0 radical (unpaired) electrons. The summed E-state index contributed by atoms with van der Waals surface area (Å²) in [5.41, 5.74) is 7.06. The fourth-order valence-corrected chi connectivity index (χ4v) is 2.21. The molecular formula is C12H18N2O2S. The number of benzene rings is 1. The Balaban J connectivity index is 2.68. The monoisotopic (exact) mass is 254 g/mol. The summed E-state index contributed by atoms with van der Waals surface area (Å²) in [6, 6.07) is 5.30. The number of nitrogen functional groups attached to an aromatic ring is 1. The zero-order valence-corrected chi connectivity index (χ0v) is 10.7. The number of nitrogens with two attached hydrogens (primary N) is 1. The Bertz CT molecular complexity index is 383. The lowest BCUT2D eigenvalue weighted by molar-refractivity contribution is 0.0956. The van der Waals surface area contributed by atoms with E-state index in [0.29, 0.717) is 17.8 Å². The zero-order chi connectivity index (χ0) is 12.7. The highest BCUT2D eigenvalue weighted by molar-refractivity contribution is 7.99. The first-order valence-corrected chi connectivity index (χ1v) is 6.59. The lowest BCUT2D eigenvalue weighted by Gasteiger charge is -2.07. The van der Waals surface area contributed by atoms with Gasteiger partial charge in [-0.1, -0.05) is 0 Å². The van der Waals surface area contributed by atoms with Gasteiger partial charge in [0.05, 0.1) is 0 Å². The molecule has 0 spiro atoms. The van der Waals surface area contributed by atoms with E-state index in [1.165, 1.54) is 0 Å². The SMILES string of the molecule is CCNC(=O)c1ccc(SCCCO)c(N)c1. The van der Waals surface area contributed by atoms with E-state index < -0.39 is 0 Å². The number of thioether (sulfide) groups is 1. The molecule has 0 aliphatic rings. The van der Waals surface area contributed by atoms with Crippen LogP contribution >= 0.6 is 11.8 Å². The minimum absolute atomic E-state index is 0.105. The van der Waals surface area contributed by atoms with E-state index in [0.717, 1.165) is 17.1 Å². The Morgan fingerprint density at radius 1 is 1.53 bits per heavy atom. The van der Waals surface area contributed by atoms with Crippen LogP contribution in [0.4, 0.5) is 5.69 Å². The molecule has 0 saturated heterocycles. The van der Waals surface area contributed by atoms with Gasteiger partial charge in [0.15, 0.2) is 0 Å². The predicted octanol–water partition coefficient (Wildman–Crippen LogP) is 1.49. The molecule has 0 saturated carbocycles. The van der Waals surface area contributed by atoms with E-state index in [9.17, 15) is 4.79 Å². The van der Waals surface area contributed by atoms with Crippen molar-refractivity contribution in [1.82, 2.24) is 5.32 Å². The van der Waals surface area contributed by atoms with Gasteiger partial charge in [0.1, 0.15) is 0 Å². The summed E-state index contributed by atoms with van der Waals surface area (Å²) in [7, 11) is 0. The van der Waals surface area contributed by atoms with E-state index in [1.54, 1.807) is 23.9 Å². The van der Waals surface area contributed by atoms with Crippen LogP contribution in [0, 0.1) is 0 Å². The second-order valence-electron chi connectivity index (χ2n) is 3.54. The average Bonchev–Trinajstić information content (AvgIpc) is 2.31. The summed E-state index contributed by atoms with van der Waals surface area (Å²) in [4.78, 5) is 12.5. The third-order valence-electron chi connectivity index (χ3n) is 2.17. The van der Waals surface area contributed by atoms with Gasteiger partial charge in [-0.2, -0.15) is 0 Å². The largest absolute Gasteiger partial charge is 0.398 e. The molecule has 94 valence electrons. The number of carbonyl (C=O) groups is 1. The average molecular weight is 254 g/mol. The number of anilines is 1. The summed E-state index contributed by atoms with van der Waals surface area (Å²) >= 11 is 1.59. The van der Waals surface area contributed by atoms with Gasteiger partial charge >= 0.3 is 0 Å². The molecule has 0 aromatic heterocycles. The summed E-state index contributed by atoms with van der Waals surface area (Å²) in [6.45, 7) is 2.66. The van der Waals surface area contributed by atoms with Crippen molar-refractivity contribution in [2.75, 3.05) is 24.6 Å². The van der Waals surface area contributed by atoms with E-state index in [4.69, 9.17) is 10.8 Å². The third-order valence-corrected chi connectivity index (χ3v) is 3.34. The minimum atomic E-state index is -0.105. The third kappa shape index (κ3) is 4.28. The van der Waals surface area contributed by atoms with Crippen LogP contribution in [0.2, 0.25) is 0 Å². The minimum Gasteiger partial charge on any atom is -0.398 e. The van der Waals surface area contributed by atoms with Gasteiger partial charge in [-0.05, 0) is 31.5 Å². The Labute approximate surface area is 106 Å². The molecule has 0 aliphatic heterocycles.